The van der Waals surface area contributed by atoms with Gasteiger partial charge in [-0.15, -0.1) is 0 Å². The molecule has 1 aromatic rings. The number of benzene rings is 1. The SMILES string of the molecule is COCC(CNCCOc1ccc(OC)cc1)OC. The fourth-order valence-electron chi connectivity index (χ4n) is 1.57. The normalized spacial score (nSPS) is 12.2. The van der Waals surface area contributed by atoms with Gasteiger partial charge >= 0.3 is 0 Å². The molecule has 0 aromatic heterocycles. The monoisotopic (exact) mass is 269 g/mol. The lowest BCUT2D eigenvalue weighted by Crippen LogP contribution is -2.34. The van der Waals surface area contributed by atoms with Crippen LogP contribution in [0, 0.1) is 0 Å². The standard InChI is InChI=1S/C14H23NO4/c1-16-11-14(18-3)10-15-8-9-19-13-6-4-12(17-2)5-7-13/h4-7,14-15H,8-11H2,1-3H3. The molecule has 108 valence electrons. The fourth-order valence-corrected chi connectivity index (χ4v) is 1.57. The van der Waals surface area contributed by atoms with Crippen LogP contribution < -0.4 is 14.8 Å². The van der Waals surface area contributed by atoms with Crippen LogP contribution in [0.2, 0.25) is 0 Å². The summed E-state index contributed by atoms with van der Waals surface area (Å²) in [6.45, 7) is 2.70. The highest BCUT2D eigenvalue weighted by atomic mass is 16.5. The molecule has 0 heterocycles. The van der Waals surface area contributed by atoms with Gasteiger partial charge in [0.05, 0.1) is 19.8 Å². The minimum atomic E-state index is 0.0750. The first kappa shape index (κ1) is 15.8. The summed E-state index contributed by atoms with van der Waals surface area (Å²) in [7, 11) is 4.99. The van der Waals surface area contributed by atoms with E-state index >= 15 is 0 Å². The van der Waals surface area contributed by atoms with Gasteiger partial charge in [-0.3, -0.25) is 0 Å². The lowest BCUT2D eigenvalue weighted by Gasteiger charge is -2.15. The summed E-state index contributed by atoms with van der Waals surface area (Å²) in [5.74, 6) is 1.66. The summed E-state index contributed by atoms with van der Waals surface area (Å²) in [5.41, 5.74) is 0. The first-order valence-electron chi connectivity index (χ1n) is 6.29. The van der Waals surface area contributed by atoms with Crippen LogP contribution in [0.1, 0.15) is 0 Å². The second-order valence-corrected chi connectivity index (χ2v) is 4.04. The van der Waals surface area contributed by atoms with Crippen LogP contribution in [0.4, 0.5) is 0 Å². The predicted molar refractivity (Wildman–Crippen MR) is 74.0 cm³/mol. The highest BCUT2D eigenvalue weighted by Crippen LogP contribution is 2.16. The summed E-state index contributed by atoms with van der Waals surface area (Å²) in [5, 5.41) is 3.26. The molecule has 1 N–H and O–H groups in total. The van der Waals surface area contributed by atoms with Gasteiger partial charge in [0, 0.05) is 27.3 Å². The van der Waals surface area contributed by atoms with E-state index in [2.05, 4.69) is 5.32 Å². The number of nitrogens with one attached hydrogen (secondary N) is 1. The van der Waals surface area contributed by atoms with Crippen molar-refractivity contribution >= 4 is 0 Å². The van der Waals surface area contributed by atoms with Crippen LogP contribution in [0.25, 0.3) is 0 Å². The smallest absolute Gasteiger partial charge is 0.119 e. The molecule has 1 unspecified atom stereocenters. The van der Waals surface area contributed by atoms with Crippen molar-refractivity contribution in [2.45, 2.75) is 6.10 Å². The van der Waals surface area contributed by atoms with E-state index in [0.717, 1.165) is 24.6 Å². The van der Waals surface area contributed by atoms with Crippen molar-refractivity contribution in [3.8, 4) is 11.5 Å². The molecule has 0 aliphatic carbocycles. The van der Waals surface area contributed by atoms with Gasteiger partial charge in [-0.05, 0) is 24.3 Å². The zero-order valence-electron chi connectivity index (χ0n) is 11.8. The van der Waals surface area contributed by atoms with E-state index in [9.17, 15) is 0 Å². The van der Waals surface area contributed by atoms with Gasteiger partial charge in [0.2, 0.25) is 0 Å². The van der Waals surface area contributed by atoms with Crippen molar-refractivity contribution < 1.29 is 18.9 Å². The Morgan fingerprint density at radius 2 is 1.74 bits per heavy atom. The van der Waals surface area contributed by atoms with E-state index in [0.29, 0.717) is 13.2 Å². The summed E-state index contributed by atoms with van der Waals surface area (Å²) in [6, 6.07) is 7.54. The van der Waals surface area contributed by atoms with Crippen molar-refractivity contribution in [3.05, 3.63) is 24.3 Å². The minimum absolute atomic E-state index is 0.0750. The Hall–Kier alpha value is -1.30. The molecule has 1 rings (SSSR count). The molecule has 0 saturated heterocycles. The van der Waals surface area contributed by atoms with Crippen molar-refractivity contribution in [2.75, 3.05) is 47.6 Å². The summed E-state index contributed by atoms with van der Waals surface area (Å²) < 4.78 is 20.9. The second kappa shape index (κ2) is 9.61. The molecule has 1 atom stereocenters. The van der Waals surface area contributed by atoms with Crippen LogP contribution >= 0.6 is 0 Å². The molecule has 1 aromatic carbocycles. The highest BCUT2D eigenvalue weighted by molar-refractivity contribution is 5.31. The molecule has 0 amide bonds. The van der Waals surface area contributed by atoms with Crippen LogP contribution in [0.15, 0.2) is 24.3 Å². The number of methoxy groups -OCH3 is 3. The van der Waals surface area contributed by atoms with E-state index in [-0.39, 0.29) is 6.10 Å². The number of rotatable bonds is 10. The Balaban J connectivity index is 2.12. The lowest BCUT2D eigenvalue weighted by atomic mass is 10.3. The first-order valence-corrected chi connectivity index (χ1v) is 6.29. The van der Waals surface area contributed by atoms with Crippen LogP contribution in [0.3, 0.4) is 0 Å². The van der Waals surface area contributed by atoms with Crippen LogP contribution in [-0.4, -0.2) is 53.7 Å². The summed E-state index contributed by atoms with van der Waals surface area (Å²) in [6.07, 6.45) is 0.0750. The molecule has 0 aliphatic rings. The third-order valence-electron chi connectivity index (χ3n) is 2.66. The van der Waals surface area contributed by atoms with Crippen molar-refractivity contribution in [3.63, 3.8) is 0 Å². The predicted octanol–water partition coefficient (Wildman–Crippen LogP) is 1.32. The van der Waals surface area contributed by atoms with Gasteiger partial charge in [-0.25, -0.2) is 0 Å². The Kier molecular flexibility index (Phi) is 7.97. The molecule has 0 saturated carbocycles. The molecule has 0 bridgehead atoms. The number of hydrogen-bond donors (Lipinski definition) is 1. The van der Waals surface area contributed by atoms with Crippen molar-refractivity contribution in [1.29, 1.82) is 0 Å². The minimum Gasteiger partial charge on any atom is -0.497 e. The summed E-state index contributed by atoms with van der Waals surface area (Å²) >= 11 is 0. The molecule has 5 heteroatoms. The molecule has 0 fully saturated rings. The molecule has 5 nitrogen and oxygen atoms in total. The van der Waals surface area contributed by atoms with E-state index in [1.807, 2.05) is 24.3 Å². The average Bonchev–Trinajstić information content (AvgIpc) is 2.46. The number of hydrogen-bond acceptors (Lipinski definition) is 5. The molecule has 0 radical (unpaired) electrons. The average molecular weight is 269 g/mol. The second-order valence-electron chi connectivity index (χ2n) is 4.04. The zero-order chi connectivity index (χ0) is 13.9. The Morgan fingerprint density at radius 1 is 1.05 bits per heavy atom. The maximum atomic E-state index is 5.59. The van der Waals surface area contributed by atoms with E-state index in [1.165, 1.54) is 0 Å². The van der Waals surface area contributed by atoms with Crippen LogP contribution in [-0.2, 0) is 9.47 Å². The Labute approximate surface area is 114 Å². The van der Waals surface area contributed by atoms with Crippen molar-refractivity contribution in [1.82, 2.24) is 5.32 Å². The topological polar surface area (TPSA) is 49.0 Å². The van der Waals surface area contributed by atoms with Gasteiger partial charge in [0.15, 0.2) is 0 Å². The highest BCUT2D eigenvalue weighted by Gasteiger charge is 2.05. The zero-order valence-corrected chi connectivity index (χ0v) is 11.8. The third-order valence-corrected chi connectivity index (χ3v) is 2.66. The first-order chi connectivity index (χ1) is 9.30. The van der Waals surface area contributed by atoms with Gasteiger partial charge in [-0.2, -0.15) is 0 Å². The molecule has 0 spiro atoms. The van der Waals surface area contributed by atoms with Gasteiger partial charge in [0.1, 0.15) is 18.1 Å². The van der Waals surface area contributed by atoms with Crippen LogP contribution in [0.5, 0.6) is 11.5 Å². The Morgan fingerprint density at radius 3 is 2.32 bits per heavy atom. The number of ether oxygens (including phenoxy) is 4. The van der Waals surface area contributed by atoms with E-state index in [1.54, 1.807) is 21.3 Å². The maximum absolute atomic E-state index is 5.59. The van der Waals surface area contributed by atoms with Gasteiger partial charge < -0.3 is 24.3 Å². The maximum Gasteiger partial charge on any atom is 0.119 e. The summed E-state index contributed by atoms with van der Waals surface area (Å²) in [4.78, 5) is 0. The van der Waals surface area contributed by atoms with Gasteiger partial charge in [0.25, 0.3) is 0 Å². The molecular weight excluding hydrogens is 246 g/mol. The Bertz CT molecular complexity index is 329. The fraction of sp³-hybridized carbons (Fsp3) is 0.571. The lowest BCUT2D eigenvalue weighted by molar-refractivity contribution is 0.0286. The molecule has 19 heavy (non-hydrogen) atoms. The van der Waals surface area contributed by atoms with E-state index < -0.39 is 0 Å². The van der Waals surface area contributed by atoms with Gasteiger partial charge in [-0.1, -0.05) is 0 Å². The molecule has 0 aliphatic heterocycles. The third kappa shape index (κ3) is 6.42. The largest absolute Gasteiger partial charge is 0.497 e. The molecular formula is C14H23NO4. The quantitative estimate of drug-likeness (QED) is 0.649. The van der Waals surface area contributed by atoms with E-state index in [4.69, 9.17) is 18.9 Å². The van der Waals surface area contributed by atoms with Crippen molar-refractivity contribution in [2.24, 2.45) is 0 Å².